The van der Waals surface area contributed by atoms with Gasteiger partial charge in [-0.2, -0.15) is 0 Å². The third-order valence-electron chi connectivity index (χ3n) is 4.25. The van der Waals surface area contributed by atoms with E-state index in [2.05, 4.69) is 0 Å². The van der Waals surface area contributed by atoms with Gasteiger partial charge in [-0.05, 0) is 55.0 Å². The Labute approximate surface area is 144 Å². The highest BCUT2D eigenvalue weighted by molar-refractivity contribution is 5.95. The van der Waals surface area contributed by atoms with Gasteiger partial charge in [0.1, 0.15) is 11.6 Å². The first-order chi connectivity index (χ1) is 12.0. The molecule has 25 heavy (non-hydrogen) atoms. The zero-order valence-corrected chi connectivity index (χ0v) is 13.6. The lowest BCUT2D eigenvalue weighted by atomic mass is 10.2. The van der Waals surface area contributed by atoms with E-state index in [0.29, 0.717) is 43.7 Å². The number of carbonyl (C=O) groups is 2. The molecule has 0 aliphatic carbocycles. The molecule has 4 nitrogen and oxygen atoms in total. The molecule has 6 heteroatoms. The fourth-order valence-corrected chi connectivity index (χ4v) is 2.87. The predicted octanol–water partition coefficient (Wildman–Crippen LogP) is 2.95. The maximum absolute atomic E-state index is 13.0. The van der Waals surface area contributed by atoms with Crippen LogP contribution in [0, 0.1) is 11.6 Å². The van der Waals surface area contributed by atoms with Crippen LogP contribution in [0.1, 0.15) is 27.1 Å². The van der Waals surface area contributed by atoms with Gasteiger partial charge in [-0.1, -0.05) is 0 Å². The smallest absolute Gasteiger partial charge is 0.253 e. The Hall–Kier alpha value is -2.76. The Morgan fingerprint density at radius 2 is 1.00 bits per heavy atom. The normalized spacial score (nSPS) is 15.0. The Kier molecular flexibility index (Phi) is 5.07. The molecular formula is C19H18F2N2O2. The first-order valence-corrected chi connectivity index (χ1v) is 8.14. The molecule has 130 valence electrons. The summed E-state index contributed by atoms with van der Waals surface area (Å²) in [5.41, 5.74) is 0.861. The number of hydrogen-bond acceptors (Lipinski definition) is 2. The van der Waals surface area contributed by atoms with E-state index in [4.69, 9.17) is 0 Å². The van der Waals surface area contributed by atoms with Crippen LogP contribution in [-0.4, -0.2) is 47.8 Å². The largest absolute Gasteiger partial charge is 0.337 e. The highest BCUT2D eigenvalue weighted by atomic mass is 19.1. The van der Waals surface area contributed by atoms with Crippen molar-refractivity contribution in [2.24, 2.45) is 0 Å². The third kappa shape index (κ3) is 4.02. The molecule has 2 amide bonds. The van der Waals surface area contributed by atoms with Crippen LogP contribution in [0.2, 0.25) is 0 Å². The average molecular weight is 344 g/mol. The minimum Gasteiger partial charge on any atom is -0.337 e. The summed E-state index contributed by atoms with van der Waals surface area (Å²) in [5.74, 6) is -1.11. The number of rotatable bonds is 2. The van der Waals surface area contributed by atoms with E-state index < -0.39 is 0 Å². The molecule has 0 spiro atoms. The Balaban J connectivity index is 1.65. The summed E-state index contributed by atoms with van der Waals surface area (Å²) >= 11 is 0. The second-order valence-corrected chi connectivity index (χ2v) is 5.95. The third-order valence-corrected chi connectivity index (χ3v) is 4.25. The molecule has 2 aromatic rings. The van der Waals surface area contributed by atoms with Crippen LogP contribution in [0.15, 0.2) is 48.5 Å². The molecule has 0 saturated carbocycles. The molecular weight excluding hydrogens is 326 g/mol. The van der Waals surface area contributed by atoms with E-state index in [0.717, 1.165) is 0 Å². The summed E-state index contributed by atoms with van der Waals surface area (Å²) < 4.78 is 26.0. The number of nitrogens with zero attached hydrogens (tertiary/aromatic N) is 2. The van der Waals surface area contributed by atoms with E-state index in [1.165, 1.54) is 48.5 Å². The molecule has 1 aliphatic heterocycles. The summed E-state index contributed by atoms with van der Waals surface area (Å²) in [6.07, 6.45) is 0.653. The summed E-state index contributed by atoms with van der Waals surface area (Å²) in [6, 6.07) is 10.9. The quantitative estimate of drug-likeness (QED) is 0.840. The molecule has 1 fully saturated rings. The predicted molar refractivity (Wildman–Crippen MR) is 89.2 cm³/mol. The standard InChI is InChI=1S/C19H18F2N2O2/c20-16-6-2-14(3-7-16)18(24)22-10-1-11-23(13-12-22)19(25)15-4-8-17(21)9-5-15/h2-9H,1,10-13H2. The molecule has 0 N–H and O–H groups in total. The van der Waals surface area contributed by atoms with Gasteiger partial charge in [-0.3, -0.25) is 9.59 Å². The first-order valence-electron chi connectivity index (χ1n) is 8.14. The number of amides is 2. The minimum atomic E-state index is -0.386. The summed E-state index contributed by atoms with van der Waals surface area (Å²) in [7, 11) is 0. The van der Waals surface area contributed by atoms with Gasteiger partial charge in [0.2, 0.25) is 0 Å². The molecule has 3 rings (SSSR count). The molecule has 2 aromatic carbocycles. The molecule has 0 aromatic heterocycles. The highest BCUT2D eigenvalue weighted by Crippen LogP contribution is 2.13. The van der Waals surface area contributed by atoms with Gasteiger partial charge in [0.15, 0.2) is 0 Å². The first kappa shape index (κ1) is 17.1. The van der Waals surface area contributed by atoms with Crippen LogP contribution in [0.4, 0.5) is 8.78 Å². The van der Waals surface area contributed by atoms with Crippen LogP contribution in [0.3, 0.4) is 0 Å². The monoisotopic (exact) mass is 344 g/mol. The van der Waals surface area contributed by atoms with E-state index in [-0.39, 0.29) is 23.4 Å². The van der Waals surface area contributed by atoms with Crippen LogP contribution >= 0.6 is 0 Å². The van der Waals surface area contributed by atoms with Crippen molar-refractivity contribution in [2.75, 3.05) is 26.2 Å². The lowest BCUT2D eigenvalue weighted by Crippen LogP contribution is -2.37. The van der Waals surface area contributed by atoms with E-state index in [1.54, 1.807) is 9.80 Å². The molecule has 0 radical (unpaired) electrons. The van der Waals surface area contributed by atoms with Crippen molar-refractivity contribution in [2.45, 2.75) is 6.42 Å². The maximum Gasteiger partial charge on any atom is 0.253 e. The van der Waals surface area contributed by atoms with Crippen LogP contribution < -0.4 is 0 Å². The van der Waals surface area contributed by atoms with Crippen molar-refractivity contribution in [3.63, 3.8) is 0 Å². The molecule has 1 aliphatic rings. The molecule has 0 bridgehead atoms. The van der Waals surface area contributed by atoms with Crippen molar-refractivity contribution in [1.82, 2.24) is 9.80 Å². The van der Waals surface area contributed by atoms with Crippen molar-refractivity contribution in [3.05, 3.63) is 71.3 Å². The molecule has 0 atom stereocenters. The van der Waals surface area contributed by atoms with Gasteiger partial charge < -0.3 is 9.80 Å². The molecule has 1 heterocycles. The van der Waals surface area contributed by atoms with Crippen LogP contribution in [0.5, 0.6) is 0 Å². The fourth-order valence-electron chi connectivity index (χ4n) is 2.87. The Morgan fingerprint density at radius 3 is 1.36 bits per heavy atom. The summed E-state index contributed by atoms with van der Waals surface area (Å²) in [6.45, 7) is 1.87. The maximum atomic E-state index is 13.0. The van der Waals surface area contributed by atoms with Gasteiger partial charge in [0, 0.05) is 37.3 Å². The van der Waals surface area contributed by atoms with Gasteiger partial charge in [0.25, 0.3) is 11.8 Å². The topological polar surface area (TPSA) is 40.6 Å². The Morgan fingerprint density at radius 1 is 0.640 bits per heavy atom. The zero-order chi connectivity index (χ0) is 17.8. The van der Waals surface area contributed by atoms with Gasteiger partial charge in [-0.15, -0.1) is 0 Å². The highest BCUT2D eigenvalue weighted by Gasteiger charge is 2.23. The average Bonchev–Trinajstić information content (AvgIpc) is 2.88. The number of halogens is 2. The lowest BCUT2D eigenvalue weighted by Gasteiger charge is -2.22. The lowest BCUT2D eigenvalue weighted by molar-refractivity contribution is 0.0718. The van der Waals surface area contributed by atoms with Crippen molar-refractivity contribution >= 4 is 11.8 Å². The van der Waals surface area contributed by atoms with Gasteiger partial charge >= 0.3 is 0 Å². The SMILES string of the molecule is O=C(c1ccc(F)cc1)N1CCCN(C(=O)c2ccc(F)cc2)CC1. The number of benzene rings is 2. The van der Waals surface area contributed by atoms with E-state index >= 15 is 0 Å². The molecule has 1 saturated heterocycles. The van der Waals surface area contributed by atoms with E-state index in [1.807, 2.05) is 0 Å². The van der Waals surface area contributed by atoms with Gasteiger partial charge in [-0.25, -0.2) is 8.78 Å². The second-order valence-electron chi connectivity index (χ2n) is 5.95. The zero-order valence-electron chi connectivity index (χ0n) is 13.6. The van der Waals surface area contributed by atoms with Crippen molar-refractivity contribution in [1.29, 1.82) is 0 Å². The summed E-state index contributed by atoms with van der Waals surface area (Å²) in [5, 5.41) is 0. The van der Waals surface area contributed by atoms with Crippen LogP contribution in [0.25, 0.3) is 0 Å². The molecule has 0 unspecified atom stereocenters. The Bertz CT molecular complexity index is 694. The van der Waals surface area contributed by atoms with E-state index in [9.17, 15) is 18.4 Å². The summed E-state index contributed by atoms with van der Waals surface area (Å²) in [4.78, 5) is 28.4. The van der Waals surface area contributed by atoms with Crippen molar-refractivity contribution < 1.29 is 18.4 Å². The van der Waals surface area contributed by atoms with Crippen molar-refractivity contribution in [3.8, 4) is 0 Å². The number of hydrogen-bond donors (Lipinski definition) is 0. The van der Waals surface area contributed by atoms with Gasteiger partial charge in [0.05, 0.1) is 0 Å². The fraction of sp³-hybridized carbons (Fsp3) is 0.263. The van der Waals surface area contributed by atoms with Crippen LogP contribution in [-0.2, 0) is 0 Å². The number of carbonyl (C=O) groups excluding carboxylic acids is 2. The minimum absolute atomic E-state index is 0.170. The second kappa shape index (κ2) is 7.42.